The van der Waals surface area contributed by atoms with Gasteiger partial charge in [-0.05, 0) is 68.3 Å². The van der Waals surface area contributed by atoms with Gasteiger partial charge in [-0.2, -0.15) is 18.4 Å². The van der Waals surface area contributed by atoms with Crippen molar-refractivity contribution in [1.29, 1.82) is 5.26 Å². The molecule has 5 rings (SSSR count). The summed E-state index contributed by atoms with van der Waals surface area (Å²) in [6.07, 6.45) is -0.747. The molecule has 4 heterocycles. The summed E-state index contributed by atoms with van der Waals surface area (Å²) in [6, 6.07) is 12.6. The molecule has 0 aliphatic carbocycles. The average Bonchev–Trinajstić information content (AvgIpc) is 3.54. The molecule has 11 heteroatoms. The number of piperidine rings is 1. The van der Waals surface area contributed by atoms with Crippen LogP contribution in [0.5, 0.6) is 0 Å². The first-order valence-corrected chi connectivity index (χ1v) is 13.6. The van der Waals surface area contributed by atoms with Crippen LogP contribution < -0.4 is 10.2 Å². The van der Waals surface area contributed by atoms with Crippen LogP contribution in [0.15, 0.2) is 54.9 Å². The minimum Gasteiger partial charge on any atom is -0.370 e. The second-order valence-electron chi connectivity index (χ2n) is 11.0. The third-order valence-electron chi connectivity index (χ3n) is 8.49. The summed E-state index contributed by atoms with van der Waals surface area (Å²) >= 11 is 0. The molecule has 0 radical (unpaired) electrons. The van der Waals surface area contributed by atoms with Crippen molar-refractivity contribution in [3.05, 3.63) is 71.5 Å². The van der Waals surface area contributed by atoms with E-state index in [-0.39, 0.29) is 17.5 Å². The van der Waals surface area contributed by atoms with Gasteiger partial charge in [-0.1, -0.05) is 6.07 Å². The van der Waals surface area contributed by atoms with Crippen LogP contribution in [0.25, 0.3) is 11.4 Å². The maximum absolute atomic E-state index is 13.9. The number of anilines is 1. The van der Waals surface area contributed by atoms with Gasteiger partial charge in [-0.25, -0.2) is 4.39 Å². The number of nitrogens with one attached hydrogen (secondary N) is 1. The van der Waals surface area contributed by atoms with Crippen molar-refractivity contribution in [2.45, 2.75) is 43.1 Å². The van der Waals surface area contributed by atoms with Crippen molar-refractivity contribution < 1.29 is 22.4 Å². The first kappa shape index (κ1) is 28.6. The average molecular weight is 569 g/mol. The van der Waals surface area contributed by atoms with Crippen molar-refractivity contribution in [2.75, 3.05) is 38.1 Å². The van der Waals surface area contributed by atoms with Crippen molar-refractivity contribution in [2.24, 2.45) is 7.05 Å². The van der Waals surface area contributed by atoms with E-state index in [0.29, 0.717) is 51.1 Å². The molecule has 2 aromatic heterocycles. The highest BCUT2D eigenvalue weighted by molar-refractivity contribution is 5.89. The van der Waals surface area contributed by atoms with E-state index in [0.717, 1.165) is 29.1 Å². The van der Waals surface area contributed by atoms with Gasteiger partial charge in [0, 0.05) is 51.7 Å². The Bertz CT molecular complexity index is 1440. The van der Waals surface area contributed by atoms with Gasteiger partial charge in [-0.15, -0.1) is 0 Å². The molecule has 216 valence electrons. The van der Waals surface area contributed by atoms with E-state index < -0.39 is 23.3 Å². The lowest BCUT2D eigenvalue weighted by Crippen LogP contribution is -2.53. The van der Waals surface area contributed by atoms with Crippen LogP contribution in [0.3, 0.4) is 0 Å². The topological polar surface area (TPSA) is 77.2 Å². The second-order valence-corrected chi connectivity index (χ2v) is 11.0. The third kappa shape index (κ3) is 5.66. The van der Waals surface area contributed by atoms with Crippen molar-refractivity contribution >= 4 is 11.6 Å². The summed E-state index contributed by atoms with van der Waals surface area (Å²) in [5.74, 6) is -0.186. The molecule has 0 unspecified atom stereocenters. The molecule has 3 aromatic rings. The van der Waals surface area contributed by atoms with Crippen LogP contribution in [0, 0.1) is 11.3 Å². The van der Waals surface area contributed by atoms with Crippen LogP contribution in [-0.2, 0) is 23.4 Å². The lowest BCUT2D eigenvalue weighted by atomic mass is 9.72. The van der Waals surface area contributed by atoms with E-state index in [1.807, 2.05) is 65.0 Å². The second kappa shape index (κ2) is 11.2. The number of hydrogen-bond donors (Lipinski definition) is 1. The molecule has 7 nitrogen and oxygen atoms in total. The first-order valence-electron chi connectivity index (χ1n) is 13.6. The van der Waals surface area contributed by atoms with E-state index >= 15 is 0 Å². The minimum atomic E-state index is -4.55. The molecule has 2 aliphatic heterocycles. The number of pyridine rings is 1. The molecule has 2 atom stereocenters. The summed E-state index contributed by atoms with van der Waals surface area (Å²) in [4.78, 5) is 22.3. The van der Waals surface area contributed by atoms with E-state index in [1.165, 1.54) is 6.07 Å². The third-order valence-corrected chi connectivity index (χ3v) is 8.49. The zero-order valence-corrected chi connectivity index (χ0v) is 23.0. The van der Waals surface area contributed by atoms with Gasteiger partial charge < -0.3 is 14.8 Å². The Labute approximate surface area is 236 Å². The monoisotopic (exact) mass is 568 g/mol. The van der Waals surface area contributed by atoms with Gasteiger partial charge in [-0.3, -0.25) is 14.7 Å². The fourth-order valence-electron chi connectivity index (χ4n) is 6.04. The number of carbonyl (C=O) groups is 1. The van der Waals surface area contributed by atoms with Gasteiger partial charge in [0.25, 0.3) is 0 Å². The SMILES string of the molecule is CN1C[C@@H](F)C[C@H]1CNC(=O)C1(c2ccc(-c3cccn3C)nc2)CCN(c2ccc(C(F)(F)F)cc2C#N)CC1. The number of halogens is 4. The van der Waals surface area contributed by atoms with Gasteiger partial charge in [0.15, 0.2) is 0 Å². The number of likely N-dealkylation sites (N-methyl/N-ethyl adjacent to an activating group) is 1. The molecule has 1 amide bonds. The van der Waals surface area contributed by atoms with Gasteiger partial charge in [0.1, 0.15) is 12.2 Å². The van der Waals surface area contributed by atoms with Crippen LogP contribution in [-0.4, -0.2) is 65.8 Å². The predicted octanol–water partition coefficient (Wildman–Crippen LogP) is 4.67. The number of benzene rings is 1. The molecule has 0 spiro atoms. The van der Waals surface area contributed by atoms with Crippen LogP contribution in [0.4, 0.5) is 23.2 Å². The maximum atomic E-state index is 13.9. The molecular weight excluding hydrogens is 536 g/mol. The summed E-state index contributed by atoms with van der Waals surface area (Å²) in [5, 5.41) is 12.7. The Balaban J connectivity index is 1.41. The standard InChI is InChI=1S/C30H32F4N6O/c1-38-11-3-4-27(38)25-7-5-22(17-36-25)29(28(41)37-18-24-15-23(31)19-39(24)2)9-12-40(13-10-29)26-8-6-21(30(32,33)34)14-20(26)16-35/h3-8,11,14,17,23-24H,9-10,12-13,15,18-19H2,1-2H3,(H,37,41)/t23-,24-/m0/s1. The van der Waals surface area contributed by atoms with Gasteiger partial charge >= 0.3 is 6.18 Å². The van der Waals surface area contributed by atoms with E-state index in [4.69, 9.17) is 0 Å². The largest absolute Gasteiger partial charge is 0.416 e. The molecule has 2 aliphatic rings. The fourth-order valence-corrected chi connectivity index (χ4v) is 6.04. The lowest BCUT2D eigenvalue weighted by Gasteiger charge is -2.42. The predicted molar refractivity (Wildman–Crippen MR) is 147 cm³/mol. The van der Waals surface area contributed by atoms with E-state index in [9.17, 15) is 27.6 Å². The van der Waals surface area contributed by atoms with Crippen LogP contribution in [0.2, 0.25) is 0 Å². The summed E-state index contributed by atoms with van der Waals surface area (Å²) < 4.78 is 55.6. The van der Waals surface area contributed by atoms with Crippen LogP contribution >= 0.6 is 0 Å². The quantitative estimate of drug-likeness (QED) is 0.438. The number of rotatable bonds is 6. The molecule has 2 fully saturated rings. The highest BCUT2D eigenvalue weighted by Crippen LogP contribution is 2.39. The lowest BCUT2D eigenvalue weighted by molar-refractivity contribution is -0.137. The molecule has 1 aromatic carbocycles. The first-order chi connectivity index (χ1) is 19.5. The molecule has 0 saturated carbocycles. The maximum Gasteiger partial charge on any atom is 0.416 e. The van der Waals surface area contributed by atoms with E-state index in [2.05, 4.69) is 10.3 Å². The number of amides is 1. The number of likely N-dealkylation sites (tertiary alicyclic amines) is 1. The Kier molecular flexibility index (Phi) is 7.79. The number of aryl methyl sites for hydroxylation is 1. The molecule has 41 heavy (non-hydrogen) atoms. The summed E-state index contributed by atoms with van der Waals surface area (Å²) in [6.45, 7) is 1.35. The van der Waals surface area contributed by atoms with Crippen LogP contribution in [0.1, 0.15) is 36.0 Å². The molecular formula is C30H32F4N6O. The summed E-state index contributed by atoms with van der Waals surface area (Å²) in [5.41, 5.74) is 0.967. The molecule has 0 bridgehead atoms. The number of nitrogens with zero attached hydrogens (tertiary/aromatic N) is 5. The Morgan fingerprint density at radius 2 is 1.93 bits per heavy atom. The number of alkyl halides is 4. The Morgan fingerprint density at radius 1 is 1.17 bits per heavy atom. The smallest absolute Gasteiger partial charge is 0.370 e. The fraction of sp³-hybridized carbons (Fsp3) is 0.433. The van der Waals surface area contributed by atoms with Crippen molar-refractivity contribution in [1.82, 2.24) is 19.8 Å². The normalized spacial score (nSPS) is 21.0. The highest BCUT2D eigenvalue weighted by atomic mass is 19.4. The Hall–Kier alpha value is -3.91. The Morgan fingerprint density at radius 3 is 2.49 bits per heavy atom. The zero-order chi connectivity index (χ0) is 29.4. The number of hydrogen-bond acceptors (Lipinski definition) is 5. The van der Waals surface area contributed by atoms with Gasteiger partial charge in [0.05, 0.1) is 33.6 Å². The van der Waals surface area contributed by atoms with Crippen molar-refractivity contribution in [3.63, 3.8) is 0 Å². The van der Waals surface area contributed by atoms with E-state index in [1.54, 1.807) is 6.20 Å². The van der Waals surface area contributed by atoms with Crippen molar-refractivity contribution in [3.8, 4) is 17.5 Å². The molecule has 2 saturated heterocycles. The minimum absolute atomic E-state index is 0.0598. The zero-order valence-electron chi connectivity index (χ0n) is 23.0. The number of aromatic nitrogens is 2. The highest BCUT2D eigenvalue weighted by Gasteiger charge is 2.44. The number of nitriles is 1. The van der Waals surface area contributed by atoms with Gasteiger partial charge in [0.2, 0.25) is 5.91 Å². The summed E-state index contributed by atoms with van der Waals surface area (Å²) in [7, 11) is 3.77. The number of carbonyl (C=O) groups excluding carboxylic acids is 1. The molecule has 1 N–H and O–H groups in total.